The van der Waals surface area contributed by atoms with Crippen LogP contribution in [0.25, 0.3) is 11.0 Å². The molecule has 3 aromatic rings. The number of carbonyl (C=O) groups is 1. The molecule has 8 heteroatoms. The van der Waals surface area contributed by atoms with E-state index >= 15 is 0 Å². The van der Waals surface area contributed by atoms with Crippen LogP contribution in [0.15, 0.2) is 41.3 Å². The Morgan fingerprint density at radius 2 is 1.81 bits per heavy atom. The molecule has 0 unspecified atom stereocenters. The average molecular weight is 435 g/mol. The minimum atomic E-state index is -0.0558. The fourth-order valence-corrected chi connectivity index (χ4v) is 4.15. The molecule has 0 radical (unpaired) electrons. The standard InChI is InChI=1S/C24H30N6O2/c1-5-21(31)29-12-10-28(11-13-29)19-8-6-18(7-9-19)26-24-25-15-20-17(4)14-22(32)30(16(2)3)23(20)27-24/h6-9,14-16H,5,10-13H2,1-4H3,(H,25,26,27). The molecule has 3 heterocycles. The summed E-state index contributed by atoms with van der Waals surface area (Å²) >= 11 is 0. The first kappa shape index (κ1) is 21.8. The Balaban J connectivity index is 1.51. The predicted octanol–water partition coefficient (Wildman–Crippen LogP) is 3.48. The number of anilines is 3. The number of rotatable bonds is 5. The number of hydrogen-bond acceptors (Lipinski definition) is 6. The highest BCUT2D eigenvalue weighted by atomic mass is 16.2. The summed E-state index contributed by atoms with van der Waals surface area (Å²) in [4.78, 5) is 37.7. The van der Waals surface area contributed by atoms with Gasteiger partial charge in [0.25, 0.3) is 5.56 Å². The number of pyridine rings is 1. The van der Waals surface area contributed by atoms with Crippen molar-refractivity contribution in [2.24, 2.45) is 0 Å². The van der Waals surface area contributed by atoms with E-state index in [0.717, 1.165) is 48.5 Å². The summed E-state index contributed by atoms with van der Waals surface area (Å²) < 4.78 is 1.70. The van der Waals surface area contributed by atoms with E-state index in [1.54, 1.807) is 16.8 Å². The van der Waals surface area contributed by atoms with Gasteiger partial charge in [-0.15, -0.1) is 0 Å². The van der Waals surface area contributed by atoms with Crippen molar-refractivity contribution in [3.8, 4) is 0 Å². The highest BCUT2D eigenvalue weighted by Gasteiger charge is 2.20. The van der Waals surface area contributed by atoms with E-state index in [9.17, 15) is 9.59 Å². The minimum absolute atomic E-state index is 0.000667. The average Bonchev–Trinajstić information content (AvgIpc) is 2.79. The lowest BCUT2D eigenvalue weighted by molar-refractivity contribution is -0.131. The third-order valence-corrected chi connectivity index (χ3v) is 5.94. The molecule has 1 aliphatic heterocycles. The minimum Gasteiger partial charge on any atom is -0.368 e. The molecule has 1 amide bonds. The lowest BCUT2D eigenvalue weighted by Crippen LogP contribution is -2.48. The van der Waals surface area contributed by atoms with Crippen LogP contribution in [0.4, 0.5) is 17.3 Å². The Bertz CT molecular complexity index is 1180. The quantitative estimate of drug-likeness (QED) is 0.662. The van der Waals surface area contributed by atoms with Crippen LogP contribution < -0.4 is 15.8 Å². The first-order valence-corrected chi connectivity index (χ1v) is 11.2. The number of aromatic nitrogens is 3. The largest absolute Gasteiger partial charge is 0.368 e. The van der Waals surface area contributed by atoms with Gasteiger partial charge < -0.3 is 15.1 Å². The molecule has 4 rings (SSSR count). The van der Waals surface area contributed by atoms with Crippen molar-refractivity contribution in [1.82, 2.24) is 19.4 Å². The van der Waals surface area contributed by atoms with Gasteiger partial charge in [-0.3, -0.25) is 14.2 Å². The van der Waals surface area contributed by atoms with Crippen LogP contribution >= 0.6 is 0 Å². The summed E-state index contributed by atoms with van der Waals surface area (Å²) in [5.74, 6) is 0.675. The molecule has 8 nitrogen and oxygen atoms in total. The van der Waals surface area contributed by atoms with Gasteiger partial charge >= 0.3 is 0 Å². The van der Waals surface area contributed by atoms with Crippen molar-refractivity contribution >= 4 is 34.3 Å². The van der Waals surface area contributed by atoms with E-state index in [4.69, 9.17) is 0 Å². The first-order chi connectivity index (χ1) is 15.4. The second-order valence-electron chi connectivity index (χ2n) is 8.45. The number of nitrogens with one attached hydrogen (secondary N) is 1. The smallest absolute Gasteiger partial charge is 0.252 e. The van der Waals surface area contributed by atoms with Gasteiger partial charge in [-0.1, -0.05) is 6.92 Å². The first-order valence-electron chi connectivity index (χ1n) is 11.2. The highest BCUT2D eigenvalue weighted by molar-refractivity contribution is 5.79. The van der Waals surface area contributed by atoms with Crippen molar-refractivity contribution in [3.05, 3.63) is 52.4 Å². The molecule has 1 fully saturated rings. The number of piperazine rings is 1. The normalized spacial score (nSPS) is 14.3. The Morgan fingerprint density at radius 3 is 2.44 bits per heavy atom. The van der Waals surface area contributed by atoms with Gasteiger partial charge in [0.05, 0.1) is 0 Å². The van der Waals surface area contributed by atoms with Gasteiger partial charge in [0, 0.05) is 67.7 Å². The fraction of sp³-hybridized carbons (Fsp3) is 0.417. The van der Waals surface area contributed by atoms with E-state index in [0.29, 0.717) is 18.0 Å². The third kappa shape index (κ3) is 4.30. The predicted molar refractivity (Wildman–Crippen MR) is 128 cm³/mol. The molecular formula is C24H30N6O2. The van der Waals surface area contributed by atoms with E-state index in [1.165, 1.54) is 0 Å². The lowest BCUT2D eigenvalue weighted by atomic mass is 10.2. The number of amides is 1. The molecule has 2 aromatic heterocycles. The Hall–Kier alpha value is -3.42. The monoisotopic (exact) mass is 434 g/mol. The summed E-state index contributed by atoms with van der Waals surface area (Å²) in [6.45, 7) is 10.9. The molecule has 0 spiro atoms. The number of aryl methyl sites for hydroxylation is 1. The van der Waals surface area contributed by atoms with Gasteiger partial charge in [0.15, 0.2) is 0 Å². The molecule has 32 heavy (non-hydrogen) atoms. The molecule has 0 atom stereocenters. The zero-order valence-corrected chi connectivity index (χ0v) is 19.1. The third-order valence-electron chi connectivity index (χ3n) is 5.94. The number of hydrogen-bond donors (Lipinski definition) is 1. The van der Waals surface area contributed by atoms with Gasteiger partial charge in [-0.25, -0.2) is 4.98 Å². The van der Waals surface area contributed by atoms with E-state index in [2.05, 4.69) is 32.3 Å². The molecular weight excluding hydrogens is 404 g/mol. The Labute approximate surface area is 187 Å². The van der Waals surface area contributed by atoms with E-state index in [1.807, 2.05) is 44.7 Å². The highest BCUT2D eigenvalue weighted by Crippen LogP contribution is 2.23. The number of nitrogens with zero attached hydrogens (tertiary/aromatic N) is 5. The molecule has 0 bridgehead atoms. The molecule has 1 N–H and O–H groups in total. The fourth-order valence-electron chi connectivity index (χ4n) is 4.15. The summed E-state index contributed by atoms with van der Waals surface area (Å²) in [5.41, 5.74) is 3.46. The molecule has 168 valence electrons. The van der Waals surface area contributed by atoms with Crippen LogP contribution in [-0.2, 0) is 4.79 Å². The number of carbonyl (C=O) groups excluding carboxylic acids is 1. The van der Waals surface area contributed by atoms with Crippen molar-refractivity contribution in [3.63, 3.8) is 0 Å². The van der Waals surface area contributed by atoms with E-state index < -0.39 is 0 Å². The number of benzene rings is 1. The molecule has 1 saturated heterocycles. The zero-order chi connectivity index (χ0) is 22.8. The summed E-state index contributed by atoms with van der Waals surface area (Å²) in [6.07, 6.45) is 2.33. The molecule has 0 aliphatic carbocycles. The molecule has 1 aliphatic rings. The van der Waals surface area contributed by atoms with Crippen LogP contribution in [0.5, 0.6) is 0 Å². The number of fused-ring (bicyclic) bond motifs is 1. The maximum atomic E-state index is 12.5. The van der Waals surface area contributed by atoms with E-state index in [-0.39, 0.29) is 17.5 Å². The maximum absolute atomic E-state index is 12.5. The van der Waals surface area contributed by atoms with Crippen molar-refractivity contribution in [1.29, 1.82) is 0 Å². The van der Waals surface area contributed by atoms with Crippen molar-refractivity contribution < 1.29 is 4.79 Å². The Morgan fingerprint density at radius 1 is 1.12 bits per heavy atom. The molecule has 1 aromatic carbocycles. The zero-order valence-electron chi connectivity index (χ0n) is 19.1. The second kappa shape index (κ2) is 8.98. The van der Waals surface area contributed by atoms with Crippen molar-refractivity contribution in [2.75, 3.05) is 36.4 Å². The SMILES string of the molecule is CCC(=O)N1CCN(c2ccc(Nc3ncc4c(C)cc(=O)n(C(C)C)c4n3)cc2)CC1. The Kier molecular flexibility index (Phi) is 6.12. The van der Waals surface area contributed by atoms with Gasteiger partial charge in [0.1, 0.15) is 5.65 Å². The van der Waals surface area contributed by atoms with Crippen LogP contribution in [0.1, 0.15) is 38.8 Å². The molecule has 0 saturated carbocycles. The van der Waals surface area contributed by atoms with Crippen LogP contribution in [-0.4, -0.2) is 51.5 Å². The van der Waals surface area contributed by atoms with Crippen LogP contribution in [0, 0.1) is 6.92 Å². The van der Waals surface area contributed by atoms with Crippen LogP contribution in [0.3, 0.4) is 0 Å². The second-order valence-corrected chi connectivity index (χ2v) is 8.45. The van der Waals surface area contributed by atoms with Gasteiger partial charge in [0.2, 0.25) is 11.9 Å². The summed E-state index contributed by atoms with van der Waals surface area (Å²) in [5, 5.41) is 4.13. The topological polar surface area (TPSA) is 83.4 Å². The van der Waals surface area contributed by atoms with Gasteiger partial charge in [-0.05, 0) is 50.6 Å². The maximum Gasteiger partial charge on any atom is 0.252 e. The van der Waals surface area contributed by atoms with Gasteiger partial charge in [-0.2, -0.15) is 4.98 Å². The van der Waals surface area contributed by atoms with Crippen LogP contribution in [0.2, 0.25) is 0 Å². The summed E-state index contributed by atoms with van der Waals surface area (Å²) in [7, 11) is 0. The summed E-state index contributed by atoms with van der Waals surface area (Å²) in [6, 6.07) is 9.76. The van der Waals surface area contributed by atoms with Crippen molar-refractivity contribution in [2.45, 2.75) is 40.2 Å². The lowest BCUT2D eigenvalue weighted by Gasteiger charge is -2.36.